The molecule has 2 aromatic carbocycles. The van der Waals surface area contributed by atoms with E-state index in [4.69, 9.17) is 10.9 Å². The fraction of sp³-hybridized carbons (Fsp3) is 0.0667. The molecule has 2 aromatic rings. The molecule has 20 heavy (non-hydrogen) atoms. The summed E-state index contributed by atoms with van der Waals surface area (Å²) in [7, 11) is 0. The number of amides is 1. The van der Waals surface area contributed by atoms with Crippen molar-refractivity contribution < 1.29 is 10.0 Å². The molecule has 5 nitrogen and oxygen atoms in total. The fourth-order valence-corrected chi connectivity index (χ4v) is 1.74. The molecule has 0 unspecified atom stereocenters. The number of anilines is 1. The molecule has 0 spiro atoms. The molecule has 0 aliphatic rings. The summed E-state index contributed by atoms with van der Waals surface area (Å²) in [5, 5.41) is 14.2. The fourth-order valence-electron chi connectivity index (χ4n) is 1.74. The van der Waals surface area contributed by atoms with Crippen LogP contribution < -0.4 is 11.1 Å². The second-order valence-electron chi connectivity index (χ2n) is 4.29. The summed E-state index contributed by atoms with van der Waals surface area (Å²) in [6.07, 6.45) is 0.364. The van der Waals surface area contributed by atoms with E-state index in [1.165, 1.54) is 0 Å². The first-order chi connectivity index (χ1) is 9.69. The molecule has 0 atom stereocenters. The van der Waals surface area contributed by atoms with E-state index in [1.54, 1.807) is 24.3 Å². The lowest BCUT2D eigenvalue weighted by Gasteiger charge is -2.06. The Balaban J connectivity index is 2.02. The van der Waals surface area contributed by atoms with Crippen LogP contribution in [0.3, 0.4) is 0 Å². The Morgan fingerprint density at radius 1 is 1.10 bits per heavy atom. The maximum Gasteiger partial charge on any atom is 0.255 e. The van der Waals surface area contributed by atoms with Crippen molar-refractivity contribution in [1.29, 1.82) is 0 Å². The summed E-state index contributed by atoms with van der Waals surface area (Å²) in [6.45, 7) is 0. The molecule has 0 aliphatic carbocycles. The number of hydrogen-bond donors (Lipinski definition) is 3. The highest BCUT2D eigenvalue weighted by Crippen LogP contribution is 2.12. The van der Waals surface area contributed by atoms with Crippen LogP contribution in [0.2, 0.25) is 0 Å². The van der Waals surface area contributed by atoms with Crippen LogP contribution in [0.5, 0.6) is 0 Å². The number of nitrogens with zero attached hydrogens (tertiary/aromatic N) is 1. The lowest BCUT2D eigenvalue weighted by molar-refractivity contribution is 0.102. The summed E-state index contributed by atoms with van der Waals surface area (Å²) in [5.41, 5.74) is 7.63. The molecule has 2 rings (SSSR count). The summed E-state index contributed by atoms with van der Waals surface area (Å²) >= 11 is 0. The third-order valence-electron chi connectivity index (χ3n) is 2.76. The van der Waals surface area contributed by atoms with Gasteiger partial charge >= 0.3 is 0 Å². The number of nitrogens with two attached hydrogens (primary N) is 1. The topological polar surface area (TPSA) is 87.7 Å². The highest BCUT2D eigenvalue weighted by atomic mass is 16.4. The minimum Gasteiger partial charge on any atom is -0.409 e. The van der Waals surface area contributed by atoms with Gasteiger partial charge in [-0.25, -0.2) is 0 Å². The molecule has 0 aliphatic heterocycles. The minimum atomic E-state index is -0.158. The highest BCUT2D eigenvalue weighted by Gasteiger charge is 2.05. The van der Waals surface area contributed by atoms with Crippen LogP contribution in [0, 0.1) is 0 Å². The second kappa shape index (κ2) is 6.38. The lowest BCUT2D eigenvalue weighted by Crippen LogP contribution is -2.15. The molecule has 0 radical (unpaired) electrons. The molecular formula is C15H15N3O2. The summed E-state index contributed by atoms with van der Waals surface area (Å²) in [4.78, 5) is 11.9. The van der Waals surface area contributed by atoms with Crippen molar-refractivity contribution in [1.82, 2.24) is 0 Å². The van der Waals surface area contributed by atoms with E-state index in [1.807, 2.05) is 30.3 Å². The Morgan fingerprint density at radius 3 is 2.35 bits per heavy atom. The number of hydrogen-bond acceptors (Lipinski definition) is 3. The maximum absolute atomic E-state index is 11.9. The number of nitrogens with one attached hydrogen (secondary N) is 1. The Labute approximate surface area is 116 Å². The van der Waals surface area contributed by atoms with Crippen LogP contribution in [0.15, 0.2) is 59.8 Å². The van der Waals surface area contributed by atoms with E-state index in [2.05, 4.69) is 10.5 Å². The smallest absolute Gasteiger partial charge is 0.255 e. The van der Waals surface area contributed by atoms with Crippen LogP contribution in [0.4, 0.5) is 5.69 Å². The van der Waals surface area contributed by atoms with Gasteiger partial charge in [-0.15, -0.1) is 0 Å². The van der Waals surface area contributed by atoms with Gasteiger partial charge in [0.1, 0.15) is 5.84 Å². The van der Waals surface area contributed by atoms with E-state index >= 15 is 0 Å². The van der Waals surface area contributed by atoms with E-state index in [0.717, 1.165) is 5.56 Å². The van der Waals surface area contributed by atoms with Gasteiger partial charge in [0, 0.05) is 17.7 Å². The number of amidine groups is 1. The Kier molecular flexibility index (Phi) is 4.34. The van der Waals surface area contributed by atoms with Gasteiger partial charge in [-0.1, -0.05) is 35.5 Å². The van der Waals surface area contributed by atoms with Crippen molar-refractivity contribution >= 4 is 17.4 Å². The molecule has 4 N–H and O–H groups in total. The van der Waals surface area contributed by atoms with Gasteiger partial charge in [0.15, 0.2) is 0 Å². The molecule has 0 heterocycles. The van der Waals surface area contributed by atoms with Gasteiger partial charge in [0.05, 0.1) is 0 Å². The maximum atomic E-state index is 11.9. The molecule has 0 aromatic heterocycles. The van der Waals surface area contributed by atoms with E-state index in [-0.39, 0.29) is 11.7 Å². The van der Waals surface area contributed by atoms with Gasteiger partial charge in [-0.2, -0.15) is 0 Å². The first-order valence-electron chi connectivity index (χ1n) is 6.11. The average molecular weight is 269 g/mol. The highest BCUT2D eigenvalue weighted by molar-refractivity contribution is 6.04. The van der Waals surface area contributed by atoms with Crippen molar-refractivity contribution in [3.8, 4) is 0 Å². The van der Waals surface area contributed by atoms with Crippen LogP contribution in [-0.2, 0) is 6.42 Å². The van der Waals surface area contributed by atoms with Crippen molar-refractivity contribution in [2.24, 2.45) is 10.9 Å². The Morgan fingerprint density at radius 2 is 1.75 bits per heavy atom. The minimum absolute atomic E-state index is 0.145. The van der Waals surface area contributed by atoms with Crippen LogP contribution in [-0.4, -0.2) is 17.0 Å². The molecule has 5 heteroatoms. The van der Waals surface area contributed by atoms with Gasteiger partial charge in [0.2, 0.25) is 0 Å². The van der Waals surface area contributed by atoms with Crippen molar-refractivity contribution in [3.63, 3.8) is 0 Å². The second-order valence-corrected chi connectivity index (χ2v) is 4.29. The SMILES string of the molecule is NC(Cc1ccc(NC(=O)c2ccccc2)cc1)=NO. The third kappa shape index (κ3) is 3.58. The summed E-state index contributed by atoms with van der Waals surface area (Å²) in [5.74, 6) is -0.0131. The quantitative estimate of drug-likeness (QED) is 0.344. The molecule has 0 saturated heterocycles. The first kappa shape index (κ1) is 13.6. The lowest BCUT2D eigenvalue weighted by atomic mass is 10.1. The number of carbonyl (C=O) groups excluding carboxylic acids is 1. The average Bonchev–Trinajstić information content (AvgIpc) is 2.50. The van der Waals surface area contributed by atoms with Gasteiger partial charge < -0.3 is 16.3 Å². The molecule has 0 bridgehead atoms. The number of rotatable bonds is 4. The zero-order valence-corrected chi connectivity index (χ0v) is 10.8. The van der Waals surface area contributed by atoms with Crippen molar-refractivity contribution in [3.05, 3.63) is 65.7 Å². The third-order valence-corrected chi connectivity index (χ3v) is 2.76. The number of carbonyl (C=O) groups is 1. The zero-order chi connectivity index (χ0) is 14.4. The molecule has 102 valence electrons. The van der Waals surface area contributed by atoms with E-state index in [9.17, 15) is 4.79 Å². The Bertz CT molecular complexity index is 607. The summed E-state index contributed by atoms with van der Waals surface area (Å²) in [6, 6.07) is 16.2. The zero-order valence-electron chi connectivity index (χ0n) is 10.8. The van der Waals surface area contributed by atoms with Gasteiger partial charge in [-0.3, -0.25) is 4.79 Å². The number of benzene rings is 2. The predicted octanol–water partition coefficient (Wildman–Crippen LogP) is 2.23. The van der Waals surface area contributed by atoms with Gasteiger partial charge in [0.25, 0.3) is 5.91 Å². The van der Waals surface area contributed by atoms with Crippen LogP contribution in [0.25, 0.3) is 0 Å². The van der Waals surface area contributed by atoms with E-state index < -0.39 is 0 Å². The van der Waals surface area contributed by atoms with Crippen molar-refractivity contribution in [2.75, 3.05) is 5.32 Å². The van der Waals surface area contributed by atoms with Crippen molar-refractivity contribution in [2.45, 2.75) is 6.42 Å². The first-order valence-corrected chi connectivity index (χ1v) is 6.11. The molecule has 1 amide bonds. The normalized spacial score (nSPS) is 11.1. The standard InChI is InChI=1S/C15H15N3O2/c16-14(18-20)10-11-6-8-13(9-7-11)17-15(19)12-4-2-1-3-5-12/h1-9,20H,10H2,(H2,16,18)(H,17,19). The van der Waals surface area contributed by atoms with E-state index in [0.29, 0.717) is 17.7 Å². The van der Waals surface area contributed by atoms with Gasteiger partial charge in [-0.05, 0) is 29.8 Å². The molecule has 0 fully saturated rings. The molecule has 0 saturated carbocycles. The monoisotopic (exact) mass is 269 g/mol. The van der Waals surface area contributed by atoms with Crippen LogP contribution >= 0.6 is 0 Å². The largest absolute Gasteiger partial charge is 0.409 e. The number of oxime groups is 1. The Hall–Kier alpha value is -2.82. The predicted molar refractivity (Wildman–Crippen MR) is 78.0 cm³/mol. The molecular weight excluding hydrogens is 254 g/mol. The van der Waals surface area contributed by atoms with Crippen LogP contribution in [0.1, 0.15) is 15.9 Å². The summed E-state index contributed by atoms with van der Waals surface area (Å²) < 4.78 is 0.